The van der Waals surface area contributed by atoms with Gasteiger partial charge in [-0.25, -0.2) is 15.0 Å². The van der Waals surface area contributed by atoms with Gasteiger partial charge in [0.2, 0.25) is 0 Å². The van der Waals surface area contributed by atoms with Crippen LogP contribution in [0.3, 0.4) is 0 Å². The van der Waals surface area contributed by atoms with Gasteiger partial charge in [0.15, 0.2) is 17.5 Å². The molecule has 0 fully saturated rings. The van der Waals surface area contributed by atoms with Crippen LogP contribution < -0.4 is 0 Å². The normalized spacial score (nSPS) is 11.6. The fourth-order valence-corrected chi connectivity index (χ4v) is 8.72. The first-order valence-electron chi connectivity index (χ1n) is 19.7. The molecule has 58 heavy (non-hydrogen) atoms. The molecule has 0 aliphatic rings. The third-order valence-electron chi connectivity index (χ3n) is 11.4. The van der Waals surface area contributed by atoms with Gasteiger partial charge in [0.1, 0.15) is 0 Å². The molecule has 4 heteroatoms. The van der Waals surface area contributed by atoms with E-state index in [9.17, 15) is 0 Å². The number of rotatable bonds is 7. The standard InChI is InChI=1S/C54H36N4/c1-2-15-35-16-13-21-40(32-35)58-49-31-29-39(38-28-30-45-43-24-10-9-22-41(43)42-23-11-12-25-44(42)47(45)33-38)34-48(49)51-46(26-14-27-50(51)58)54-56-52(36-17-5-3-6-18-36)55-53(57-54)37-19-7-4-8-20-37/h2-14,16-34H,1,15H2. The first kappa shape index (κ1) is 33.6. The van der Waals surface area contributed by atoms with Crippen molar-refractivity contribution >= 4 is 54.1 Å². The van der Waals surface area contributed by atoms with E-state index in [4.69, 9.17) is 15.0 Å². The molecule has 0 saturated heterocycles. The Morgan fingerprint density at radius 3 is 1.57 bits per heavy atom. The van der Waals surface area contributed by atoms with Crippen LogP contribution in [0.2, 0.25) is 0 Å². The fourth-order valence-electron chi connectivity index (χ4n) is 8.72. The van der Waals surface area contributed by atoms with Crippen molar-refractivity contribution in [1.82, 2.24) is 19.5 Å². The Morgan fingerprint density at radius 1 is 0.397 bits per heavy atom. The molecule has 0 amide bonds. The van der Waals surface area contributed by atoms with Crippen LogP contribution in [0.4, 0.5) is 0 Å². The molecule has 2 aromatic heterocycles. The van der Waals surface area contributed by atoms with E-state index in [0.717, 1.165) is 56.2 Å². The summed E-state index contributed by atoms with van der Waals surface area (Å²) >= 11 is 0. The molecule has 272 valence electrons. The van der Waals surface area contributed by atoms with Crippen molar-refractivity contribution in [2.45, 2.75) is 6.42 Å². The van der Waals surface area contributed by atoms with Crippen molar-refractivity contribution in [2.75, 3.05) is 0 Å². The zero-order valence-corrected chi connectivity index (χ0v) is 31.7. The summed E-state index contributed by atoms with van der Waals surface area (Å²) in [5.74, 6) is 1.91. The number of aromatic nitrogens is 4. The number of hydrogen-bond acceptors (Lipinski definition) is 3. The fraction of sp³-hybridized carbons (Fsp3) is 0.0185. The quantitative estimate of drug-likeness (QED) is 0.121. The van der Waals surface area contributed by atoms with Crippen molar-refractivity contribution in [3.8, 4) is 51.0 Å². The first-order chi connectivity index (χ1) is 28.7. The SMILES string of the molecule is C=CCc1cccc(-n2c3ccc(-c4ccc5c6ccccc6c6ccccc6c5c4)cc3c3c(-c4nc(-c5ccccc5)nc(-c5ccccc5)n4)cccc32)c1. The van der Waals surface area contributed by atoms with Crippen LogP contribution in [0.1, 0.15) is 5.56 Å². The summed E-state index contributed by atoms with van der Waals surface area (Å²) in [6.45, 7) is 4.01. The Bertz CT molecular complexity index is 3290. The van der Waals surface area contributed by atoms with Crippen LogP contribution in [-0.4, -0.2) is 19.5 Å². The van der Waals surface area contributed by atoms with Gasteiger partial charge >= 0.3 is 0 Å². The lowest BCUT2D eigenvalue weighted by molar-refractivity contribution is 1.08. The second-order valence-corrected chi connectivity index (χ2v) is 14.8. The monoisotopic (exact) mass is 740 g/mol. The van der Waals surface area contributed by atoms with Crippen LogP contribution in [0.15, 0.2) is 201 Å². The third-order valence-corrected chi connectivity index (χ3v) is 11.4. The molecule has 4 nitrogen and oxygen atoms in total. The lowest BCUT2D eigenvalue weighted by atomic mass is 9.92. The molecule has 0 radical (unpaired) electrons. The molecule has 11 rings (SSSR count). The van der Waals surface area contributed by atoms with Gasteiger partial charge in [-0.2, -0.15) is 0 Å². The Balaban J connectivity index is 1.19. The summed E-state index contributed by atoms with van der Waals surface area (Å²) in [5.41, 5.74) is 9.65. The minimum Gasteiger partial charge on any atom is -0.309 e. The molecule has 2 heterocycles. The molecule has 9 aromatic carbocycles. The smallest absolute Gasteiger partial charge is 0.164 e. The highest BCUT2D eigenvalue weighted by Gasteiger charge is 2.21. The van der Waals surface area contributed by atoms with E-state index in [1.165, 1.54) is 43.4 Å². The molecule has 0 aliphatic carbocycles. The van der Waals surface area contributed by atoms with Crippen molar-refractivity contribution < 1.29 is 0 Å². The average Bonchev–Trinajstić information content (AvgIpc) is 3.63. The second kappa shape index (κ2) is 13.8. The summed E-state index contributed by atoms with van der Waals surface area (Å²) in [6, 6.07) is 66.9. The molecule has 0 bridgehead atoms. The van der Waals surface area contributed by atoms with Crippen LogP contribution in [0.5, 0.6) is 0 Å². The van der Waals surface area contributed by atoms with Crippen LogP contribution in [-0.2, 0) is 6.42 Å². The maximum absolute atomic E-state index is 5.20. The highest BCUT2D eigenvalue weighted by Crippen LogP contribution is 2.42. The van der Waals surface area contributed by atoms with E-state index in [2.05, 4.69) is 163 Å². The average molecular weight is 741 g/mol. The van der Waals surface area contributed by atoms with E-state index in [1.807, 2.05) is 42.5 Å². The van der Waals surface area contributed by atoms with Crippen molar-refractivity contribution in [3.05, 3.63) is 206 Å². The minimum absolute atomic E-state index is 0.632. The Hall–Kier alpha value is -7.69. The number of hydrogen-bond donors (Lipinski definition) is 0. The Morgan fingerprint density at radius 2 is 0.931 bits per heavy atom. The van der Waals surface area contributed by atoms with Crippen LogP contribution >= 0.6 is 0 Å². The van der Waals surface area contributed by atoms with Gasteiger partial charge in [0.05, 0.1) is 11.0 Å². The Labute approximate surface area is 336 Å². The summed E-state index contributed by atoms with van der Waals surface area (Å²) in [4.78, 5) is 15.4. The number of nitrogens with zero attached hydrogens (tertiary/aromatic N) is 4. The van der Waals surface area contributed by atoms with E-state index in [0.29, 0.717) is 17.5 Å². The third kappa shape index (κ3) is 5.57. The molecular weight excluding hydrogens is 705 g/mol. The Kier molecular flexibility index (Phi) is 8.00. The predicted octanol–water partition coefficient (Wildman–Crippen LogP) is 13.8. The summed E-state index contributed by atoms with van der Waals surface area (Å²) in [5, 5.41) is 9.81. The lowest BCUT2D eigenvalue weighted by Gasteiger charge is -2.12. The van der Waals surface area contributed by atoms with Crippen molar-refractivity contribution in [2.24, 2.45) is 0 Å². The van der Waals surface area contributed by atoms with Crippen LogP contribution in [0.25, 0.3) is 105 Å². The van der Waals surface area contributed by atoms with Gasteiger partial charge in [-0.15, -0.1) is 6.58 Å². The predicted molar refractivity (Wildman–Crippen MR) is 242 cm³/mol. The molecule has 0 atom stereocenters. The van der Waals surface area contributed by atoms with E-state index < -0.39 is 0 Å². The highest BCUT2D eigenvalue weighted by atomic mass is 15.0. The van der Waals surface area contributed by atoms with Gasteiger partial charge in [0, 0.05) is 33.2 Å². The largest absolute Gasteiger partial charge is 0.309 e. The van der Waals surface area contributed by atoms with Gasteiger partial charge < -0.3 is 4.57 Å². The van der Waals surface area contributed by atoms with Crippen LogP contribution in [0, 0.1) is 0 Å². The zero-order chi connectivity index (χ0) is 38.6. The molecule has 11 aromatic rings. The first-order valence-corrected chi connectivity index (χ1v) is 19.7. The molecule has 0 spiro atoms. The molecule has 0 aliphatic heterocycles. The van der Waals surface area contributed by atoms with E-state index in [-0.39, 0.29) is 0 Å². The maximum atomic E-state index is 5.20. The zero-order valence-electron chi connectivity index (χ0n) is 31.7. The van der Waals surface area contributed by atoms with Gasteiger partial charge in [0.25, 0.3) is 0 Å². The van der Waals surface area contributed by atoms with Crippen molar-refractivity contribution in [3.63, 3.8) is 0 Å². The van der Waals surface area contributed by atoms with Gasteiger partial charge in [-0.3, -0.25) is 0 Å². The van der Waals surface area contributed by atoms with Gasteiger partial charge in [-0.1, -0.05) is 158 Å². The summed E-state index contributed by atoms with van der Waals surface area (Å²) < 4.78 is 2.38. The number of allylic oxidation sites excluding steroid dienone is 1. The second-order valence-electron chi connectivity index (χ2n) is 14.8. The summed E-state index contributed by atoms with van der Waals surface area (Å²) in [7, 11) is 0. The molecular formula is C54H36N4. The lowest BCUT2D eigenvalue weighted by Crippen LogP contribution is -2.00. The molecule has 0 saturated carbocycles. The molecule has 0 unspecified atom stereocenters. The molecule has 0 N–H and O–H groups in total. The summed E-state index contributed by atoms with van der Waals surface area (Å²) in [6.07, 6.45) is 2.75. The van der Waals surface area contributed by atoms with E-state index in [1.54, 1.807) is 0 Å². The topological polar surface area (TPSA) is 43.6 Å². The number of fused-ring (bicyclic) bond motifs is 9. The maximum Gasteiger partial charge on any atom is 0.164 e. The number of benzene rings is 9. The van der Waals surface area contributed by atoms with Gasteiger partial charge in [-0.05, 0) is 91.8 Å². The highest BCUT2D eigenvalue weighted by molar-refractivity contribution is 6.26. The van der Waals surface area contributed by atoms with Crippen molar-refractivity contribution in [1.29, 1.82) is 0 Å². The van der Waals surface area contributed by atoms with E-state index >= 15 is 0 Å². The minimum atomic E-state index is 0.632.